The van der Waals surface area contributed by atoms with Crippen molar-refractivity contribution in [3.63, 3.8) is 0 Å². The summed E-state index contributed by atoms with van der Waals surface area (Å²) in [5.74, 6) is 0.624. The number of piperidine rings is 1. The molecule has 2 aliphatic heterocycles. The lowest BCUT2D eigenvalue weighted by molar-refractivity contribution is -0.134. The van der Waals surface area contributed by atoms with Crippen LogP contribution in [0.3, 0.4) is 0 Å². The molecule has 3 rings (SSSR count). The van der Waals surface area contributed by atoms with E-state index in [-0.39, 0.29) is 23.8 Å². The number of nitrogens with zero attached hydrogens (tertiary/aromatic N) is 1. The number of carbonyl (C=O) groups is 2. The molecule has 2 fully saturated rings. The van der Waals surface area contributed by atoms with E-state index in [1.807, 2.05) is 29.3 Å². The molecule has 0 spiro atoms. The molecule has 2 N–H and O–H groups in total. The lowest BCUT2D eigenvalue weighted by atomic mass is 9.96. The first kappa shape index (κ1) is 17.4. The van der Waals surface area contributed by atoms with Gasteiger partial charge in [-0.3, -0.25) is 9.59 Å². The van der Waals surface area contributed by atoms with E-state index in [2.05, 4.69) is 10.6 Å². The van der Waals surface area contributed by atoms with Gasteiger partial charge in [-0.05, 0) is 56.5 Å². The van der Waals surface area contributed by atoms with Crippen LogP contribution in [0.15, 0.2) is 17.5 Å². The molecule has 0 saturated carbocycles. The van der Waals surface area contributed by atoms with Gasteiger partial charge in [-0.15, -0.1) is 11.3 Å². The van der Waals surface area contributed by atoms with Crippen molar-refractivity contribution < 1.29 is 9.59 Å². The Balaban J connectivity index is 1.48. The molecule has 5 nitrogen and oxygen atoms in total. The first-order chi connectivity index (χ1) is 11.6. The summed E-state index contributed by atoms with van der Waals surface area (Å²) < 4.78 is 0. The predicted molar refractivity (Wildman–Crippen MR) is 96.1 cm³/mol. The standard InChI is InChI=1S/C18H27N3O2S/c1-13(16-7-4-10-24-16)18(23)21-9-3-5-14(12-21)11-20-17(22)15-6-2-8-19-15/h4,7,10,13-15,19H,2-3,5-6,8-9,11-12H2,1H3,(H,20,22). The Hall–Kier alpha value is -1.40. The summed E-state index contributed by atoms with van der Waals surface area (Å²) in [5, 5.41) is 8.32. The van der Waals surface area contributed by atoms with Crippen molar-refractivity contribution in [2.45, 2.75) is 44.6 Å². The highest BCUT2D eigenvalue weighted by Gasteiger charge is 2.29. The zero-order valence-electron chi connectivity index (χ0n) is 14.3. The van der Waals surface area contributed by atoms with Gasteiger partial charge in [0.25, 0.3) is 0 Å². The summed E-state index contributed by atoms with van der Waals surface area (Å²) in [5.41, 5.74) is 0. The zero-order chi connectivity index (χ0) is 16.9. The molecule has 0 radical (unpaired) electrons. The monoisotopic (exact) mass is 349 g/mol. The zero-order valence-corrected chi connectivity index (χ0v) is 15.1. The fourth-order valence-electron chi connectivity index (χ4n) is 3.64. The van der Waals surface area contributed by atoms with Gasteiger partial charge in [-0.1, -0.05) is 6.07 Å². The Morgan fingerprint density at radius 1 is 1.42 bits per heavy atom. The smallest absolute Gasteiger partial charge is 0.237 e. The maximum absolute atomic E-state index is 12.7. The Morgan fingerprint density at radius 3 is 3.00 bits per heavy atom. The van der Waals surface area contributed by atoms with E-state index in [0.29, 0.717) is 12.5 Å². The molecule has 2 amide bonds. The third-order valence-corrected chi connectivity index (χ3v) is 6.17. The van der Waals surface area contributed by atoms with Crippen LogP contribution in [0.4, 0.5) is 0 Å². The van der Waals surface area contributed by atoms with E-state index in [9.17, 15) is 9.59 Å². The van der Waals surface area contributed by atoms with Gasteiger partial charge in [-0.25, -0.2) is 0 Å². The quantitative estimate of drug-likeness (QED) is 0.854. The Labute approximate surface area is 147 Å². The van der Waals surface area contributed by atoms with Gasteiger partial charge in [0.1, 0.15) is 0 Å². The largest absolute Gasteiger partial charge is 0.354 e. The van der Waals surface area contributed by atoms with Crippen LogP contribution < -0.4 is 10.6 Å². The van der Waals surface area contributed by atoms with Crippen LogP contribution in [0.5, 0.6) is 0 Å². The second-order valence-corrected chi connectivity index (χ2v) is 7.90. The topological polar surface area (TPSA) is 61.4 Å². The first-order valence-electron chi connectivity index (χ1n) is 8.98. The highest BCUT2D eigenvalue weighted by atomic mass is 32.1. The highest BCUT2D eigenvalue weighted by Crippen LogP contribution is 2.25. The van der Waals surface area contributed by atoms with Crippen LogP contribution in [0, 0.1) is 5.92 Å². The van der Waals surface area contributed by atoms with Gasteiger partial charge in [0, 0.05) is 24.5 Å². The Kier molecular flexibility index (Phi) is 5.89. The molecule has 24 heavy (non-hydrogen) atoms. The van der Waals surface area contributed by atoms with E-state index in [0.717, 1.165) is 50.2 Å². The normalized spacial score (nSPS) is 25.5. The molecule has 0 aliphatic carbocycles. The van der Waals surface area contributed by atoms with Crippen molar-refractivity contribution >= 4 is 23.2 Å². The molecule has 0 bridgehead atoms. The Bertz CT molecular complexity index is 555. The molecule has 1 aromatic heterocycles. The number of thiophene rings is 1. The van der Waals surface area contributed by atoms with Crippen molar-refractivity contribution in [3.05, 3.63) is 22.4 Å². The van der Waals surface area contributed by atoms with E-state index in [1.165, 1.54) is 0 Å². The molecule has 3 unspecified atom stereocenters. The van der Waals surface area contributed by atoms with Gasteiger partial charge >= 0.3 is 0 Å². The van der Waals surface area contributed by atoms with Crippen molar-refractivity contribution in [1.82, 2.24) is 15.5 Å². The van der Waals surface area contributed by atoms with Crippen LogP contribution in [0.2, 0.25) is 0 Å². The average molecular weight is 350 g/mol. The summed E-state index contributed by atoms with van der Waals surface area (Å²) in [4.78, 5) is 28.0. The molecule has 2 aliphatic rings. The molecule has 3 heterocycles. The molecule has 2 saturated heterocycles. The SMILES string of the molecule is CC(C(=O)N1CCCC(CNC(=O)C2CCCN2)C1)c1cccs1. The summed E-state index contributed by atoms with van der Waals surface area (Å²) in [6, 6.07) is 4.00. The molecular weight excluding hydrogens is 322 g/mol. The second-order valence-electron chi connectivity index (χ2n) is 6.92. The summed E-state index contributed by atoms with van der Waals surface area (Å²) in [6.45, 7) is 5.19. The fraction of sp³-hybridized carbons (Fsp3) is 0.667. The number of amides is 2. The van der Waals surface area contributed by atoms with Gasteiger partial charge < -0.3 is 15.5 Å². The van der Waals surface area contributed by atoms with Crippen LogP contribution in [-0.4, -0.2) is 48.9 Å². The van der Waals surface area contributed by atoms with E-state index in [4.69, 9.17) is 0 Å². The summed E-state index contributed by atoms with van der Waals surface area (Å²) in [7, 11) is 0. The van der Waals surface area contributed by atoms with Crippen LogP contribution in [0.25, 0.3) is 0 Å². The first-order valence-corrected chi connectivity index (χ1v) is 9.86. The fourth-order valence-corrected chi connectivity index (χ4v) is 4.42. The Morgan fingerprint density at radius 2 is 2.29 bits per heavy atom. The van der Waals surface area contributed by atoms with Crippen LogP contribution in [0.1, 0.15) is 43.4 Å². The van der Waals surface area contributed by atoms with Crippen molar-refractivity contribution in [3.8, 4) is 0 Å². The van der Waals surface area contributed by atoms with E-state index < -0.39 is 0 Å². The van der Waals surface area contributed by atoms with Crippen molar-refractivity contribution in [1.29, 1.82) is 0 Å². The van der Waals surface area contributed by atoms with Crippen molar-refractivity contribution in [2.75, 3.05) is 26.2 Å². The summed E-state index contributed by atoms with van der Waals surface area (Å²) >= 11 is 1.64. The number of carbonyl (C=O) groups excluding carboxylic acids is 2. The van der Waals surface area contributed by atoms with Crippen LogP contribution >= 0.6 is 11.3 Å². The maximum atomic E-state index is 12.7. The molecule has 132 valence electrons. The van der Waals surface area contributed by atoms with Crippen LogP contribution in [-0.2, 0) is 9.59 Å². The summed E-state index contributed by atoms with van der Waals surface area (Å²) in [6.07, 6.45) is 4.10. The minimum atomic E-state index is -0.0685. The van der Waals surface area contributed by atoms with Gasteiger partial charge in [0.2, 0.25) is 11.8 Å². The minimum Gasteiger partial charge on any atom is -0.354 e. The molecule has 1 aromatic rings. The third kappa shape index (κ3) is 4.16. The number of rotatable bonds is 5. The van der Waals surface area contributed by atoms with Gasteiger partial charge in [0.15, 0.2) is 0 Å². The van der Waals surface area contributed by atoms with E-state index in [1.54, 1.807) is 11.3 Å². The van der Waals surface area contributed by atoms with Gasteiger partial charge in [0.05, 0.1) is 12.0 Å². The number of hydrogen-bond donors (Lipinski definition) is 2. The van der Waals surface area contributed by atoms with Gasteiger partial charge in [-0.2, -0.15) is 0 Å². The minimum absolute atomic E-state index is 0.0230. The highest BCUT2D eigenvalue weighted by molar-refractivity contribution is 7.10. The maximum Gasteiger partial charge on any atom is 0.237 e. The predicted octanol–water partition coefficient (Wildman–Crippen LogP) is 1.96. The molecule has 6 heteroatoms. The molecule has 3 atom stereocenters. The lowest BCUT2D eigenvalue weighted by Gasteiger charge is -2.34. The molecular formula is C18H27N3O2S. The second kappa shape index (κ2) is 8.12. The number of likely N-dealkylation sites (tertiary alicyclic amines) is 1. The lowest BCUT2D eigenvalue weighted by Crippen LogP contribution is -2.47. The number of nitrogens with one attached hydrogen (secondary N) is 2. The van der Waals surface area contributed by atoms with E-state index >= 15 is 0 Å². The van der Waals surface area contributed by atoms with Crippen molar-refractivity contribution in [2.24, 2.45) is 5.92 Å². The average Bonchev–Trinajstić information content (AvgIpc) is 3.32. The number of hydrogen-bond acceptors (Lipinski definition) is 4. The molecule has 0 aromatic carbocycles. The third-order valence-electron chi connectivity index (χ3n) is 5.11.